The monoisotopic (exact) mass is 504 g/mol. The van der Waals surface area contributed by atoms with E-state index in [9.17, 15) is 4.79 Å². The average Bonchev–Trinajstić information content (AvgIpc) is 3.29. The SMILES string of the molecule is CCCCc1ccc(NC(=O)CSc2ccc(-c3sc(-c4cccc(OC)c4)nc3C)nn2)cc1. The molecule has 0 aliphatic heterocycles. The van der Waals surface area contributed by atoms with E-state index in [4.69, 9.17) is 9.72 Å². The first-order chi connectivity index (χ1) is 17.1. The first-order valence-corrected chi connectivity index (χ1v) is 13.3. The van der Waals surface area contributed by atoms with E-state index < -0.39 is 0 Å². The van der Waals surface area contributed by atoms with E-state index in [0.29, 0.717) is 5.03 Å². The van der Waals surface area contributed by atoms with Crippen molar-refractivity contribution in [2.45, 2.75) is 38.1 Å². The number of thiazole rings is 1. The quantitative estimate of drug-likeness (QED) is 0.243. The van der Waals surface area contributed by atoms with E-state index in [-0.39, 0.29) is 11.7 Å². The fourth-order valence-corrected chi connectivity index (χ4v) is 5.15. The fourth-order valence-electron chi connectivity index (χ4n) is 3.50. The van der Waals surface area contributed by atoms with E-state index in [2.05, 4.69) is 34.6 Å². The second-order valence-electron chi connectivity index (χ2n) is 8.06. The van der Waals surface area contributed by atoms with Crippen molar-refractivity contribution in [3.8, 4) is 26.9 Å². The minimum atomic E-state index is -0.0663. The van der Waals surface area contributed by atoms with Crippen LogP contribution in [0.4, 0.5) is 5.69 Å². The number of rotatable bonds is 10. The molecule has 0 saturated heterocycles. The molecule has 2 aromatic carbocycles. The molecule has 0 bridgehead atoms. The first kappa shape index (κ1) is 24.9. The van der Waals surface area contributed by atoms with E-state index in [0.717, 1.165) is 44.7 Å². The Bertz CT molecular complexity index is 1270. The number of carbonyl (C=O) groups excluding carboxylic acids is 1. The first-order valence-electron chi connectivity index (χ1n) is 11.5. The third-order valence-electron chi connectivity index (χ3n) is 5.39. The maximum absolute atomic E-state index is 12.4. The second-order valence-corrected chi connectivity index (χ2v) is 10.1. The number of hydrogen-bond donors (Lipinski definition) is 1. The summed E-state index contributed by atoms with van der Waals surface area (Å²) in [5, 5.41) is 13.3. The molecule has 4 aromatic rings. The molecule has 0 unspecified atom stereocenters. The Kier molecular flexibility index (Phi) is 8.50. The number of benzene rings is 2. The summed E-state index contributed by atoms with van der Waals surface area (Å²) in [4.78, 5) is 18.1. The zero-order chi connectivity index (χ0) is 24.6. The van der Waals surface area contributed by atoms with E-state index in [1.165, 1.54) is 30.2 Å². The molecule has 1 N–H and O–H groups in total. The molecule has 180 valence electrons. The Morgan fingerprint density at radius 1 is 1.09 bits per heavy atom. The van der Waals surface area contributed by atoms with Crippen LogP contribution in [0.1, 0.15) is 31.0 Å². The van der Waals surface area contributed by atoms with Crippen molar-refractivity contribution in [3.05, 3.63) is 71.9 Å². The molecular weight excluding hydrogens is 476 g/mol. The average molecular weight is 505 g/mol. The molecule has 0 spiro atoms. The molecule has 0 radical (unpaired) electrons. The molecule has 0 aliphatic rings. The van der Waals surface area contributed by atoms with Crippen LogP contribution in [-0.4, -0.2) is 34.0 Å². The van der Waals surface area contributed by atoms with Crippen LogP contribution in [-0.2, 0) is 11.2 Å². The molecule has 8 heteroatoms. The van der Waals surface area contributed by atoms with Crippen molar-refractivity contribution in [2.75, 3.05) is 18.2 Å². The number of aromatic nitrogens is 3. The van der Waals surface area contributed by atoms with Crippen molar-refractivity contribution in [1.29, 1.82) is 0 Å². The van der Waals surface area contributed by atoms with Gasteiger partial charge in [-0.3, -0.25) is 4.79 Å². The Balaban J connectivity index is 1.34. The molecule has 0 saturated carbocycles. The van der Waals surface area contributed by atoms with Crippen LogP contribution in [0.3, 0.4) is 0 Å². The zero-order valence-electron chi connectivity index (χ0n) is 20.1. The van der Waals surface area contributed by atoms with Gasteiger partial charge in [0.15, 0.2) is 0 Å². The highest BCUT2D eigenvalue weighted by molar-refractivity contribution is 7.99. The molecule has 0 atom stereocenters. The number of amides is 1. The normalized spacial score (nSPS) is 10.8. The summed E-state index contributed by atoms with van der Waals surface area (Å²) in [6.45, 7) is 4.16. The number of nitrogens with one attached hydrogen (secondary N) is 1. The predicted octanol–water partition coefficient (Wildman–Crippen LogP) is 6.66. The number of unbranched alkanes of at least 4 members (excludes halogenated alkanes) is 1. The van der Waals surface area contributed by atoms with Crippen LogP contribution in [0.25, 0.3) is 21.1 Å². The van der Waals surface area contributed by atoms with Gasteiger partial charge in [0, 0.05) is 11.3 Å². The summed E-state index contributed by atoms with van der Waals surface area (Å²) in [5.41, 5.74) is 4.78. The Morgan fingerprint density at radius 2 is 1.91 bits per heavy atom. The third-order valence-corrected chi connectivity index (χ3v) is 7.54. The van der Waals surface area contributed by atoms with Crippen molar-refractivity contribution in [1.82, 2.24) is 15.2 Å². The highest BCUT2D eigenvalue weighted by atomic mass is 32.2. The smallest absolute Gasteiger partial charge is 0.234 e. The number of aryl methyl sites for hydroxylation is 2. The van der Waals surface area contributed by atoms with Crippen LogP contribution >= 0.6 is 23.1 Å². The lowest BCUT2D eigenvalue weighted by Gasteiger charge is -2.06. The van der Waals surface area contributed by atoms with Gasteiger partial charge < -0.3 is 10.1 Å². The van der Waals surface area contributed by atoms with Crippen molar-refractivity contribution in [3.63, 3.8) is 0 Å². The van der Waals surface area contributed by atoms with Gasteiger partial charge in [0.25, 0.3) is 0 Å². The third kappa shape index (κ3) is 6.68. The van der Waals surface area contributed by atoms with E-state index in [1.807, 2.05) is 55.5 Å². The molecule has 0 fully saturated rings. The van der Waals surface area contributed by atoms with Gasteiger partial charge in [-0.2, -0.15) is 0 Å². The Labute approximate surface area is 214 Å². The second kappa shape index (κ2) is 12.0. The van der Waals surface area contributed by atoms with Gasteiger partial charge in [-0.25, -0.2) is 4.98 Å². The number of methoxy groups -OCH3 is 1. The molecule has 0 aliphatic carbocycles. The number of hydrogen-bond acceptors (Lipinski definition) is 7. The number of ether oxygens (including phenoxy) is 1. The zero-order valence-corrected chi connectivity index (χ0v) is 21.7. The maximum Gasteiger partial charge on any atom is 0.234 e. The summed E-state index contributed by atoms with van der Waals surface area (Å²) in [6.07, 6.45) is 3.42. The van der Waals surface area contributed by atoms with Crippen LogP contribution in [0.5, 0.6) is 5.75 Å². The van der Waals surface area contributed by atoms with Crippen molar-refractivity contribution < 1.29 is 9.53 Å². The van der Waals surface area contributed by atoms with Gasteiger partial charge in [0.05, 0.1) is 23.4 Å². The van der Waals surface area contributed by atoms with Crippen LogP contribution < -0.4 is 10.1 Å². The summed E-state index contributed by atoms with van der Waals surface area (Å²) < 4.78 is 5.33. The van der Waals surface area contributed by atoms with E-state index >= 15 is 0 Å². The van der Waals surface area contributed by atoms with Crippen LogP contribution in [0.2, 0.25) is 0 Å². The summed E-state index contributed by atoms with van der Waals surface area (Å²) >= 11 is 2.94. The van der Waals surface area contributed by atoms with E-state index in [1.54, 1.807) is 18.4 Å². The van der Waals surface area contributed by atoms with Crippen LogP contribution in [0, 0.1) is 6.92 Å². The minimum Gasteiger partial charge on any atom is -0.497 e. The molecule has 2 heterocycles. The molecule has 6 nitrogen and oxygen atoms in total. The Morgan fingerprint density at radius 3 is 2.63 bits per heavy atom. The fraction of sp³-hybridized carbons (Fsp3) is 0.259. The molecule has 1 amide bonds. The molecule has 4 rings (SSSR count). The van der Waals surface area contributed by atoms with Crippen molar-refractivity contribution in [2.24, 2.45) is 0 Å². The summed E-state index contributed by atoms with van der Waals surface area (Å²) in [6, 6.07) is 19.7. The number of thioether (sulfide) groups is 1. The number of anilines is 1. The lowest BCUT2D eigenvalue weighted by atomic mass is 10.1. The lowest BCUT2D eigenvalue weighted by molar-refractivity contribution is -0.113. The highest BCUT2D eigenvalue weighted by Crippen LogP contribution is 2.35. The predicted molar refractivity (Wildman–Crippen MR) is 144 cm³/mol. The number of nitrogens with zero attached hydrogens (tertiary/aromatic N) is 3. The van der Waals surface area contributed by atoms with Gasteiger partial charge >= 0.3 is 0 Å². The summed E-state index contributed by atoms with van der Waals surface area (Å²) in [5.74, 6) is 1.00. The highest BCUT2D eigenvalue weighted by Gasteiger charge is 2.14. The standard InChI is InChI=1S/C27H28N4O2S2/c1-4-5-7-19-10-12-21(13-11-19)29-24(32)17-34-25-15-14-23(30-31-25)26-18(2)28-27(35-26)20-8-6-9-22(16-20)33-3/h6,8-16H,4-5,7,17H2,1-3H3,(H,29,32). The maximum atomic E-state index is 12.4. The number of carbonyl (C=O) groups is 1. The van der Waals surface area contributed by atoms with Gasteiger partial charge in [-0.05, 0) is 61.7 Å². The van der Waals surface area contributed by atoms with Crippen molar-refractivity contribution >= 4 is 34.7 Å². The topological polar surface area (TPSA) is 77.0 Å². The molecular formula is C27H28N4O2S2. The molecule has 35 heavy (non-hydrogen) atoms. The van der Waals surface area contributed by atoms with Gasteiger partial charge in [0.1, 0.15) is 21.5 Å². The largest absolute Gasteiger partial charge is 0.497 e. The minimum absolute atomic E-state index is 0.0663. The van der Waals surface area contributed by atoms with Gasteiger partial charge in [-0.15, -0.1) is 21.5 Å². The van der Waals surface area contributed by atoms with Gasteiger partial charge in [0.2, 0.25) is 5.91 Å². The Hall–Kier alpha value is -3.23. The molecule has 2 aromatic heterocycles. The van der Waals surface area contributed by atoms with Crippen LogP contribution in [0.15, 0.2) is 65.7 Å². The van der Waals surface area contributed by atoms with Gasteiger partial charge in [-0.1, -0.05) is 49.4 Å². The summed E-state index contributed by atoms with van der Waals surface area (Å²) in [7, 11) is 1.65. The lowest BCUT2D eigenvalue weighted by Crippen LogP contribution is -2.14.